The molecule has 1 atom stereocenters. The number of pyridine rings is 1. The molecule has 28 heavy (non-hydrogen) atoms. The third-order valence-electron chi connectivity index (χ3n) is 4.55. The van der Waals surface area contributed by atoms with Crippen molar-refractivity contribution in [2.75, 3.05) is 0 Å². The zero-order valence-electron chi connectivity index (χ0n) is 14.9. The summed E-state index contributed by atoms with van der Waals surface area (Å²) >= 11 is 12.3. The highest BCUT2D eigenvalue weighted by Gasteiger charge is 2.26. The minimum absolute atomic E-state index is 0.461. The fourth-order valence-electron chi connectivity index (χ4n) is 3.01. The van der Waals surface area contributed by atoms with Crippen molar-refractivity contribution in [2.24, 2.45) is 0 Å². The maximum Gasteiger partial charge on any atom is 0.173 e. The number of halogens is 2. The number of rotatable bonds is 4. The SMILES string of the molecule is Cc1ccc(-c2onc(-c3ccc(Cl)cc3)c2C(O)c2cccnc2)cc1Cl. The minimum atomic E-state index is -0.972. The van der Waals surface area contributed by atoms with E-state index < -0.39 is 6.10 Å². The van der Waals surface area contributed by atoms with Crippen LogP contribution >= 0.6 is 23.2 Å². The average Bonchev–Trinajstić information content (AvgIpc) is 3.16. The molecule has 0 saturated carbocycles. The number of hydrogen-bond acceptors (Lipinski definition) is 4. The summed E-state index contributed by atoms with van der Waals surface area (Å²) in [5.41, 5.74) is 4.21. The van der Waals surface area contributed by atoms with Gasteiger partial charge in [0.15, 0.2) is 5.76 Å². The Hall–Kier alpha value is -2.66. The van der Waals surface area contributed by atoms with E-state index in [1.807, 2.05) is 43.3 Å². The summed E-state index contributed by atoms with van der Waals surface area (Å²) < 4.78 is 5.68. The summed E-state index contributed by atoms with van der Waals surface area (Å²) in [7, 11) is 0. The first kappa shape index (κ1) is 18.7. The summed E-state index contributed by atoms with van der Waals surface area (Å²) in [4.78, 5) is 4.11. The van der Waals surface area contributed by atoms with Crippen LogP contribution in [0.1, 0.15) is 22.8 Å². The van der Waals surface area contributed by atoms with Crippen molar-refractivity contribution in [1.82, 2.24) is 10.1 Å². The van der Waals surface area contributed by atoms with Crippen LogP contribution in [-0.2, 0) is 0 Å². The van der Waals surface area contributed by atoms with Crippen molar-refractivity contribution in [3.05, 3.63) is 93.7 Å². The maximum atomic E-state index is 11.1. The highest BCUT2D eigenvalue weighted by Crippen LogP contribution is 2.40. The summed E-state index contributed by atoms with van der Waals surface area (Å²) in [6.45, 7) is 1.93. The van der Waals surface area contributed by atoms with Crippen LogP contribution in [0, 0.1) is 6.92 Å². The normalized spacial score (nSPS) is 12.1. The fraction of sp³-hybridized carbons (Fsp3) is 0.0909. The minimum Gasteiger partial charge on any atom is -0.383 e. The molecule has 0 aliphatic heterocycles. The molecule has 6 heteroatoms. The first-order valence-corrected chi connectivity index (χ1v) is 9.40. The van der Waals surface area contributed by atoms with Crippen LogP contribution in [0.4, 0.5) is 0 Å². The quantitative estimate of drug-likeness (QED) is 0.441. The number of aromatic nitrogens is 2. The molecule has 0 aliphatic carbocycles. The Balaban J connectivity index is 1.91. The van der Waals surface area contributed by atoms with Gasteiger partial charge in [0, 0.05) is 39.1 Å². The van der Waals surface area contributed by atoms with Crippen LogP contribution in [0.5, 0.6) is 0 Å². The van der Waals surface area contributed by atoms with E-state index in [9.17, 15) is 5.11 Å². The van der Waals surface area contributed by atoms with Gasteiger partial charge in [-0.3, -0.25) is 4.98 Å². The lowest BCUT2D eigenvalue weighted by Crippen LogP contribution is -2.02. The Labute approximate surface area is 172 Å². The van der Waals surface area contributed by atoms with Crippen LogP contribution in [0.15, 0.2) is 71.5 Å². The van der Waals surface area contributed by atoms with Gasteiger partial charge >= 0.3 is 0 Å². The van der Waals surface area contributed by atoms with Crippen LogP contribution in [0.2, 0.25) is 10.0 Å². The van der Waals surface area contributed by atoms with Crippen molar-refractivity contribution >= 4 is 23.2 Å². The third-order valence-corrected chi connectivity index (χ3v) is 5.21. The smallest absolute Gasteiger partial charge is 0.173 e. The summed E-state index contributed by atoms with van der Waals surface area (Å²) in [5.74, 6) is 0.461. The van der Waals surface area contributed by atoms with E-state index in [-0.39, 0.29) is 0 Å². The van der Waals surface area contributed by atoms with Gasteiger partial charge in [0.05, 0.1) is 5.56 Å². The lowest BCUT2D eigenvalue weighted by atomic mass is 9.94. The van der Waals surface area contributed by atoms with Crippen molar-refractivity contribution < 1.29 is 9.63 Å². The second-order valence-electron chi connectivity index (χ2n) is 6.43. The highest BCUT2D eigenvalue weighted by molar-refractivity contribution is 6.31. The van der Waals surface area contributed by atoms with Crippen LogP contribution in [-0.4, -0.2) is 15.2 Å². The number of aliphatic hydroxyl groups is 1. The molecule has 1 unspecified atom stereocenters. The predicted octanol–water partition coefficient (Wildman–Crippen LogP) is 6.10. The van der Waals surface area contributed by atoms with E-state index in [2.05, 4.69) is 10.1 Å². The van der Waals surface area contributed by atoms with Crippen molar-refractivity contribution in [3.63, 3.8) is 0 Å². The summed E-state index contributed by atoms with van der Waals surface area (Å²) in [5, 5.41) is 16.6. The van der Waals surface area contributed by atoms with E-state index in [1.165, 1.54) is 0 Å². The topological polar surface area (TPSA) is 59.2 Å². The Morgan fingerprint density at radius 2 is 1.75 bits per heavy atom. The number of aryl methyl sites for hydroxylation is 1. The number of aliphatic hydroxyl groups excluding tert-OH is 1. The van der Waals surface area contributed by atoms with E-state index in [0.717, 1.165) is 16.7 Å². The van der Waals surface area contributed by atoms with Gasteiger partial charge in [-0.2, -0.15) is 0 Å². The molecule has 4 rings (SSSR count). The van der Waals surface area contributed by atoms with Gasteiger partial charge < -0.3 is 9.63 Å². The molecule has 0 spiro atoms. The lowest BCUT2D eigenvalue weighted by Gasteiger charge is -2.13. The highest BCUT2D eigenvalue weighted by atomic mass is 35.5. The first-order chi connectivity index (χ1) is 13.5. The molecule has 2 aromatic heterocycles. The molecular formula is C22H16Cl2N2O2. The fourth-order valence-corrected chi connectivity index (χ4v) is 3.32. The second kappa shape index (κ2) is 7.76. The van der Waals surface area contributed by atoms with Crippen LogP contribution in [0.3, 0.4) is 0 Å². The zero-order chi connectivity index (χ0) is 19.7. The summed E-state index contributed by atoms with van der Waals surface area (Å²) in [6.07, 6.45) is 2.31. The monoisotopic (exact) mass is 410 g/mol. The molecule has 2 heterocycles. The van der Waals surface area contributed by atoms with Gasteiger partial charge in [0.1, 0.15) is 11.8 Å². The molecule has 0 aliphatic rings. The molecule has 0 fully saturated rings. The molecular weight excluding hydrogens is 395 g/mol. The molecule has 4 aromatic rings. The molecule has 0 radical (unpaired) electrons. The van der Waals surface area contributed by atoms with Crippen LogP contribution in [0.25, 0.3) is 22.6 Å². The van der Waals surface area contributed by atoms with Crippen LogP contribution < -0.4 is 0 Å². The molecule has 0 saturated heterocycles. The molecule has 1 N–H and O–H groups in total. The molecule has 2 aromatic carbocycles. The summed E-state index contributed by atoms with van der Waals surface area (Å²) in [6, 6.07) is 16.4. The lowest BCUT2D eigenvalue weighted by molar-refractivity contribution is 0.220. The largest absolute Gasteiger partial charge is 0.383 e. The Bertz CT molecular complexity index is 1110. The predicted molar refractivity (Wildman–Crippen MR) is 110 cm³/mol. The average molecular weight is 411 g/mol. The van der Waals surface area contributed by atoms with E-state index in [4.69, 9.17) is 27.7 Å². The Kier molecular flexibility index (Phi) is 5.18. The molecule has 0 amide bonds. The number of nitrogens with zero attached hydrogens (tertiary/aromatic N) is 2. The second-order valence-corrected chi connectivity index (χ2v) is 7.28. The van der Waals surface area contributed by atoms with Gasteiger partial charge in [-0.25, -0.2) is 0 Å². The van der Waals surface area contributed by atoms with Crippen molar-refractivity contribution in [2.45, 2.75) is 13.0 Å². The molecule has 0 bridgehead atoms. The van der Waals surface area contributed by atoms with Crippen molar-refractivity contribution in [3.8, 4) is 22.6 Å². The van der Waals surface area contributed by atoms with Gasteiger partial charge in [-0.1, -0.05) is 58.7 Å². The number of hydrogen-bond donors (Lipinski definition) is 1. The Morgan fingerprint density at radius 3 is 2.43 bits per heavy atom. The Morgan fingerprint density at radius 1 is 1.00 bits per heavy atom. The van der Waals surface area contributed by atoms with Gasteiger partial charge in [0.25, 0.3) is 0 Å². The van der Waals surface area contributed by atoms with Gasteiger partial charge in [-0.05, 0) is 36.8 Å². The first-order valence-electron chi connectivity index (χ1n) is 8.64. The van der Waals surface area contributed by atoms with E-state index >= 15 is 0 Å². The van der Waals surface area contributed by atoms with E-state index in [1.54, 1.807) is 30.6 Å². The third kappa shape index (κ3) is 3.54. The van der Waals surface area contributed by atoms with E-state index in [0.29, 0.717) is 32.6 Å². The number of benzene rings is 2. The standard InChI is InChI=1S/C22H16Cl2N2O2/c1-13-4-5-15(11-18(13)24)22-19(21(27)16-3-2-10-25-12-16)20(26-28-22)14-6-8-17(23)9-7-14/h2-12,21,27H,1H3. The maximum absolute atomic E-state index is 11.1. The van der Waals surface area contributed by atoms with Gasteiger partial charge in [0.2, 0.25) is 0 Å². The zero-order valence-corrected chi connectivity index (χ0v) is 16.4. The molecule has 4 nitrogen and oxygen atoms in total. The van der Waals surface area contributed by atoms with Crippen molar-refractivity contribution in [1.29, 1.82) is 0 Å². The molecule has 140 valence electrons. The van der Waals surface area contributed by atoms with Gasteiger partial charge in [-0.15, -0.1) is 0 Å².